The smallest absolute Gasteiger partial charge is 0.308 e. The number of hydrogen-bond acceptors (Lipinski definition) is 4. The lowest BCUT2D eigenvalue weighted by Gasteiger charge is -2.26. The number of anilines is 3. The summed E-state index contributed by atoms with van der Waals surface area (Å²) in [6, 6.07) is 43.3. The van der Waals surface area contributed by atoms with Crippen molar-refractivity contribution in [2.45, 2.75) is 53.6 Å². The van der Waals surface area contributed by atoms with Crippen molar-refractivity contribution in [1.82, 2.24) is 0 Å². The molecule has 0 aliphatic heterocycles. The molecule has 0 aromatic heterocycles. The fourth-order valence-corrected chi connectivity index (χ4v) is 5.12. The third-order valence-corrected chi connectivity index (χ3v) is 7.90. The van der Waals surface area contributed by atoms with Crippen LogP contribution in [0.1, 0.15) is 43.0 Å². The molecule has 5 aromatic rings. The minimum absolute atomic E-state index is 0.142. The van der Waals surface area contributed by atoms with Gasteiger partial charge in [-0.3, -0.25) is 4.79 Å². The molecule has 45 heavy (non-hydrogen) atoms. The van der Waals surface area contributed by atoms with Gasteiger partial charge in [-0.2, -0.15) is 0 Å². The Bertz CT molecular complexity index is 1650. The van der Waals surface area contributed by atoms with E-state index >= 15 is 0 Å². The topological polar surface area (TPSA) is 38.8 Å². The fourth-order valence-electron chi connectivity index (χ4n) is 5.12. The number of carbonyl (C=O) groups is 1. The van der Waals surface area contributed by atoms with Gasteiger partial charge in [-0.1, -0.05) is 97.8 Å². The Balaban J connectivity index is 1.24. The molecule has 5 aromatic carbocycles. The molecule has 0 amide bonds. The van der Waals surface area contributed by atoms with Gasteiger partial charge in [0.25, 0.3) is 0 Å². The summed E-state index contributed by atoms with van der Waals surface area (Å²) in [5.41, 5.74) is 10.9. The first-order valence-electron chi connectivity index (χ1n) is 15.8. The van der Waals surface area contributed by atoms with Crippen LogP contribution < -0.4 is 9.64 Å². The number of esters is 1. The SMILES string of the molecule is Cc1ccc(-c2ccc(N(c3ccc(C)cc3)c3ccc(CCc4ccc(OCC(C)OC(=O)C(C)C)cc4)cc3)cc2)cc1. The van der Waals surface area contributed by atoms with Crippen molar-refractivity contribution in [1.29, 1.82) is 0 Å². The monoisotopic (exact) mass is 597 g/mol. The Morgan fingerprint density at radius 3 is 1.47 bits per heavy atom. The highest BCUT2D eigenvalue weighted by Crippen LogP contribution is 2.36. The van der Waals surface area contributed by atoms with Crippen LogP contribution in [0, 0.1) is 19.8 Å². The second-order valence-corrected chi connectivity index (χ2v) is 12.1. The largest absolute Gasteiger partial charge is 0.490 e. The molecule has 1 unspecified atom stereocenters. The second kappa shape index (κ2) is 14.8. The Labute approximate surface area is 268 Å². The van der Waals surface area contributed by atoms with Crippen molar-refractivity contribution in [2.75, 3.05) is 11.5 Å². The molecule has 0 N–H and O–H groups in total. The van der Waals surface area contributed by atoms with Gasteiger partial charge in [0.15, 0.2) is 0 Å². The van der Waals surface area contributed by atoms with Gasteiger partial charge in [0.2, 0.25) is 0 Å². The molecule has 1 atom stereocenters. The normalized spacial score (nSPS) is 11.7. The van der Waals surface area contributed by atoms with E-state index in [1.54, 1.807) is 0 Å². The third-order valence-electron chi connectivity index (χ3n) is 7.90. The lowest BCUT2D eigenvalue weighted by Crippen LogP contribution is -2.24. The number of hydrogen-bond donors (Lipinski definition) is 0. The Morgan fingerprint density at radius 1 is 0.578 bits per heavy atom. The van der Waals surface area contributed by atoms with Crippen LogP contribution >= 0.6 is 0 Å². The van der Waals surface area contributed by atoms with E-state index in [0.29, 0.717) is 6.61 Å². The van der Waals surface area contributed by atoms with E-state index in [2.05, 4.69) is 128 Å². The molecule has 0 aliphatic rings. The molecule has 5 rings (SSSR count). The summed E-state index contributed by atoms with van der Waals surface area (Å²) in [6.45, 7) is 10.1. The molecular weight excluding hydrogens is 554 g/mol. The summed E-state index contributed by atoms with van der Waals surface area (Å²) < 4.78 is 11.2. The van der Waals surface area contributed by atoms with Crippen molar-refractivity contribution >= 4 is 23.0 Å². The molecular formula is C41H43NO3. The third kappa shape index (κ3) is 8.63. The maximum atomic E-state index is 11.8. The maximum Gasteiger partial charge on any atom is 0.308 e. The molecule has 0 spiro atoms. The first-order chi connectivity index (χ1) is 21.7. The van der Waals surface area contributed by atoms with Crippen LogP contribution in [0.5, 0.6) is 5.75 Å². The Hall–Kier alpha value is -4.83. The lowest BCUT2D eigenvalue weighted by molar-refractivity contribution is -0.153. The molecule has 0 saturated heterocycles. The van der Waals surface area contributed by atoms with E-state index in [1.165, 1.54) is 33.4 Å². The lowest BCUT2D eigenvalue weighted by atomic mass is 10.0. The van der Waals surface area contributed by atoms with E-state index in [0.717, 1.165) is 35.7 Å². The predicted molar refractivity (Wildman–Crippen MR) is 186 cm³/mol. The summed E-state index contributed by atoms with van der Waals surface area (Å²) in [6.07, 6.45) is 1.59. The molecule has 0 heterocycles. The van der Waals surface area contributed by atoms with Gasteiger partial charge in [-0.25, -0.2) is 0 Å². The molecule has 4 nitrogen and oxygen atoms in total. The minimum atomic E-state index is -0.289. The number of aryl methyl sites for hydroxylation is 4. The van der Waals surface area contributed by atoms with Crippen molar-refractivity contribution in [3.63, 3.8) is 0 Å². The van der Waals surface area contributed by atoms with E-state index in [-0.39, 0.29) is 18.0 Å². The van der Waals surface area contributed by atoms with Crippen molar-refractivity contribution < 1.29 is 14.3 Å². The molecule has 230 valence electrons. The van der Waals surface area contributed by atoms with Crippen LogP contribution in [-0.2, 0) is 22.4 Å². The molecule has 0 aliphatic carbocycles. The fraction of sp³-hybridized carbons (Fsp3) is 0.244. The Morgan fingerprint density at radius 2 is 0.978 bits per heavy atom. The van der Waals surface area contributed by atoms with Gasteiger partial charge in [0, 0.05) is 17.1 Å². The van der Waals surface area contributed by atoms with Crippen molar-refractivity contribution in [2.24, 2.45) is 5.92 Å². The number of nitrogens with zero attached hydrogens (tertiary/aromatic N) is 1. The zero-order chi connectivity index (χ0) is 31.8. The highest BCUT2D eigenvalue weighted by Gasteiger charge is 2.15. The van der Waals surface area contributed by atoms with Crippen molar-refractivity contribution in [3.8, 4) is 16.9 Å². The first kappa shape index (κ1) is 31.6. The number of rotatable bonds is 12. The quantitative estimate of drug-likeness (QED) is 0.134. The second-order valence-electron chi connectivity index (χ2n) is 12.1. The Kier molecular flexibility index (Phi) is 10.4. The van der Waals surface area contributed by atoms with E-state index < -0.39 is 0 Å². The average Bonchev–Trinajstić information content (AvgIpc) is 3.05. The van der Waals surface area contributed by atoms with Gasteiger partial charge in [-0.05, 0) is 104 Å². The van der Waals surface area contributed by atoms with Crippen LogP contribution in [0.4, 0.5) is 17.1 Å². The van der Waals surface area contributed by atoms with Crippen LogP contribution in [0.3, 0.4) is 0 Å². The maximum absolute atomic E-state index is 11.8. The molecule has 0 saturated carbocycles. The standard InChI is InChI=1S/C41H43NO3/c1-29(2)41(43)45-32(5)28-44-40-26-14-34(15-27-40)11-10-33-12-22-38(23-13-33)42(37-20-8-31(4)9-21-37)39-24-18-36(19-25-39)35-16-6-30(3)7-17-35/h6-9,12-27,29,32H,10-11,28H2,1-5H3. The molecule has 0 bridgehead atoms. The number of ether oxygens (including phenoxy) is 2. The van der Waals surface area contributed by atoms with Crippen LogP contribution in [0.2, 0.25) is 0 Å². The highest BCUT2D eigenvalue weighted by molar-refractivity contribution is 5.78. The van der Waals surface area contributed by atoms with Gasteiger partial charge in [-0.15, -0.1) is 0 Å². The van der Waals surface area contributed by atoms with Gasteiger partial charge < -0.3 is 14.4 Å². The zero-order valence-electron chi connectivity index (χ0n) is 27.0. The predicted octanol–water partition coefficient (Wildman–Crippen LogP) is 10.2. The summed E-state index contributed by atoms with van der Waals surface area (Å²) in [5.74, 6) is 0.431. The summed E-state index contributed by atoms with van der Waals surface area (Å²) >= 11 is 0. The number of carbonyl (C=O) groups excluding carboxylic acids is 1. The average molecular weight is 598 g/mol. The van der Waals surface area contributed by atoms with Crippen LogP contribution in [-0.4, -0.2) is 18.7 Å². The zero-order valence-corrected chi connectivity index (χ0v) is 27.0. The van der Waals surface area contributed by atoms with E-state index in [4.69, 9.17) is 9.47 Å². The van der Waals surface area contributed by atoms with E-state index in [9.17, 15) is 4.79 Å². The first-order valence-corrected chi connectivity index (χ1v) is 15.8. The molecule has 4 heteroatoms. The summed E-state index contributed by atoms with van der Waals surface area (Å²) in [7, 11) is 0. The van der Waals surface area contributed by atoms with E-state index in [1.807, 2.05) is 32.9 Å². The molecule has 0 radical (unpaired) electrons. The summed E-state index contributed by atoms with van der Waals surface area (Å²) in [5, 5.41) is 0. The van der Waals surface area contributed by atoms with Crippen LogP contribution in [0.25, 0.3) is 11.1 Å². The van der Waals surface area contributed by atoms with Gasteiger partial charge >= 0.3 is 5.97 Å². The van der Waals surface area contributed by atoms with Crippen molar-refractivity contribution in [3.05, 3.63) is 144 Å². The van der Waals surface area contributed by atoms with Gasteiger partial charge in [0.1, 0.15) is 18.5 Å². The van der Waals surface area contributed by atoms with Gasteiger partial charge in [0.05, 0.1) is 5.92 Å². The minimum Gasteiger partial charge on any atom is -0.490 e. The number of benzene rings is 5. The highest BCUT2D eigenvalue weighted by atomic mass is 16.6. The summed E-state index contributed by atoms with van der Waals surface area (Å²) in [4.78, 5) is 14.1. The molecule has 0 fully saturated rings. The van der Waals surface area contributed by atoms with Crippen LogP contribution in [0.15, 0.2) is 121 Å².